The van der Waals surface area contributed by atoms with Gasteiger partial charge in [0, 0.05) is 0 Å². The van der Waals surface area contributed by atoms with Crippen LogP contribution in [0.2, 0.25) is 0 Å². The summed E-state index contributed by atoms with van der Waals surface area (Å²) in [4.78, 5) is 29.9. The number of carbonyl (C=O) groups is 3. The fourth-order valence-electron chi connectivity index (χ4n) is 0.309. The van der Waals surface area contributed by atoms with Crippen LogP contribution in [-0.2, 0) is 14.4 Å². The first-order valence-corrected chi connectivity index (χ1v) is 2.56. The molecule has 2 N–H and O–H groups in total. The van der Waals surface area contributed by atoms with Crippen molar-refractivity contribution in [1.29, 1.82) is 0 Å². The number of aldehydes is 1. The lowest BCUT2D eigenvalue weighted by atomic mass is 10.3. The molecule has 0 aliphatic carbocycles. The van der Waals surface area contributed by atoms with Crippen molar-refractivity contribution in [1.82, 2.24) is 5.32 Å². The van der Waals surface area contributed by atoms with Gasteiger partial charge in [-0.15, -0.1) is 0 Å². The number of carboxylic acid groups (broad SMARTS) is 1. The van der Waals surface area contributed by atoms with Crippen LogP contribution < -0.4 is 5.32 Å². The molecule has 0 heterocycles. The van der Waals surface area contributed by atoms with E-state index >= 15 is 0 Å². The number of amides is 1. The number of hydrogen-bond donors (Lipinski definition) is 2. The number of carbonyl (C=O) groups excluding carboxylic acids is 2. The third-order valence-corrected chi connectivity index (χ3v) is 0.836. The molecule has 0 fully saturated rings. The molecule has 5 heteroatoms. The topological polar surface area (TPSA) is 83.5 Å². The largest absolute Gasteiger partial charge is 0.480 e. The quantitative estimate of drug-likeness (QED) is 0.385. The van der Waals surface area contributed by atoms with E-state index in [4.69, 9.17) is 5.11 Å². The van der Waals surface area contributed by atoms with Crippen LogP contribution in [0.4, 0.5) is 0 Å². The Balaban J connectivity index is 3.79. The van der Waals surface area contributed by atoms with E-state index < -0.39 is 17.9 Å². The number of nitrogens with one attached hydrogen (secondary N) is 1. The second-order valence-corrected chi connectivity index (χ2v) is 1.69. The van der Waals surface area contributed by atoms with Crippen molar-refractivity contribution in [2.75, 3.05) is 0 Å². The summed E-state index contributed by atoms with van der Waals surface area (Å²) in [5, 5.41) is 10.1. The van der Waals surface area contributed by atoms with Gasteiger partial charge in [0.1, 0.15) is 6.04 Å². The number of carboxylic acids is 1. The minimum atomic E-state index is -1.17. The maximum Gasteiger partial charge on any atom is 0.325 e. The minimum Gasteiger partial charge on any atom is -0.480 e. The molecule has 0 saturated heterocycles. The summed E-state index contributed by atoms with van der Waals surface area (Å²) in [6.07, 6.45) is 0.0272. The molecule has 10 heavy (non-hydrogen) atoms. The molecule has 56 valence electrons. The highest BCUT2D eigenvalue weighted by molar-refractivity contribution is 6.24. The van der Waals surface area contributed by atoms with Gasteiger partial charge >= 0.3 is 5.97 Å². The van der Waals surface area contributed by atoms with Gasteiger partial charge in [0.05, 0.1) is 0 Å². The molecular formula is C5H7NO4. The van der Waals surface area contributed by atoms with Gasteiger partial charge in [-0.3, -0.25) is 14.4 Å². The Bertz CT molecular complexity index is 165. The van der Waals surface area contributed by atoms with E-state index in [1.807, 2.05) is 5.32 Å². The van der Waals surface area contributed by atoms with Gasteiger partial charge in [0.15, 0.2) is 0 Å². The predicted molar refractivity (Wildman–Crippen MR) is 31.3 cm³/mol. The molecule has 0 saturated carbocycles. The molecule has 0 rings (SSSR count). The fraction of sp³-hybridized carbons (Fsp3) is 0.400. The molecule has 0 aliphatic heterocycles. The highest BCUT2D eigenvalue weighted by atomic mass is 16.4. The van der Waals surface area contributed by atoms with E-state index in [9.17, 15) is 14.4 Å². The van der Waals surface area contributed by atoms with Crippen LogP contribution in [-0.4, -0.2) is 29.3 Å². The van der Waals surface area contributed by atoms with Gasteiger partial charge in [-0.05, 0) is 6.92 Å². The summed E-state index contributed by atoms with van der Waals surface area (Å²) in [6.45, 7) is 1.27. The highest BCUT2D eigenvalue weighted by Crippen LogP contribution is 1.78. The van der Waals surface area contributed by atoms with Crippen LogP contribution in [0.25, 0.3) is 0 Å². The van der Waals surface area contributed by atoms with Gasteiger partial charge in [-0.2, -0.15) is 0 Å². The zero-order valence-corrected chi connectivity index (χ0v) is 5.33. The molecule has 1 unspecified atom stereocenters. The van der Waals surface area contributed by atoms with E-state index in [-0.39, 0.29) is 6.29 Å². The zero-order valence-electron chi connectivity index (χ0n) is 5.33. The van der Waals surface area contributed by atoms with Crippen molar-refractivity contribution in [3.63, 3.8) is 0 Å². The molecule has 0 aliphatic rings. The Kier molecular flexibility index (Phi) is 3.10. The molecule has 0 aromatic heterocycles. The van der Waals surface area contributed by atoms with Crippen molar-refractivity contribution >= 4 is 18.2 Å². The normalized spacial score (nSPS) is 11.7. The summed E-state index contributed by atoms with van der Waals surface area (Å²) in [6, 6.07) is -1.02. The third-order valence-electron chi connectivity index (χ3n) is 0.836. The molecule has 1 amide bonds. The summed E-state index contributed by atoms with van der Waals surface area (Å²) in [7, 11) is 0. The molecular weight excluding hydrogens is 138 g/mol. The monoisotopic (exact) mass is 145 g/mol. The van der Waals surface area contributed by atoms with Crippen LogP contribution in [0.3, 0.4) is 0 Å². The molecule has 1 atom stereocenters. The van der Waals surface area contributed by atoms with E-state index in [1.54, 1.807) is 0 Å². The summed E-state index contributed by atoms with van der Waals surface area (Å²) >= 11 is 0. The number of rotatable bonds is 3. The summed E-state index contributed by atoms with van der Waals surface area (Å²) in [5.74, 6) is -2.09. The summed E-state index contributed by atoms with van der Waals surface area (Å²) in [5.41, 5.74) is 0. The summed E-state index contributed by atoms with van der Waals surface area (Å²) < 4.78 is 0. The Morgan fingerprint density at radius 2 is 2.10 bits per heavy atom. The molecule has 0 aromatic carbocycles. The standard InChI is InChI=1S/C5H7NO4/c1-3(5(9)10)6-4(8)2-7/h2-3H,1H3,(H,6,8)(H,9,10). The van der Waals surface area contributed by atoms with Crippen LogP contribution >= 0.6 is 0 Å². The number of hydrogen-bond acceptors (Lipinski definition) is 3. The van der Waals surface area contributed by atoms with Crippen LogP contribution in [0.5, 0.6) is 0 Å². The number of aliphatic carboxylic acids is 1. The Morgan fingerprint density at radius 3 is 2.40 bits per heavy atom. The van der Waals surface area contributed by atoms with Gasteiger partial charge in [-0.25, -0.2) is 0 Å². The van der Waals surface area contributed by atoms with Crippen LogP contribution in [0.15, 0.2) is 0 Å². The lowest BCUT2D eigenvalue weighted by Crippen LogP contribution is -2.38. The maximum absolute atomic E-state index is 10.2. The first-order valence-electron chi connectivity index (χ1n) is 2.56. The van der Waals surface area contributed by atoms with Crippen molar-refractivity contribution in [3.05, 3.63) is 0 Å². The third kappa shape index (κ3) is 2.81. The predicted octanol–water partition coefficient (Wildman–Crippen LogP) is -1.23. The smallest absolute Gasteiger partial charge is 0.325 e. The maximum atomic E-state index is 10.2. The van der Waals surface area contributed by atoms with Gasteiger partial charge in [-0.1, -0.05) is 0 Å². The van der Waals surface area contributed by atoms with E-state index in [1.165, 1.54) is 6.92 Å². The van der Waals surface area contributed by atoms with Crippen molar-refractivity contribution in [2.45, 2.75) is 13.0 Å². The van der Waals surface area contributed by atoms with Crippen molar-refractivity contribution in [3.8, 4) is 0 Å². The van der Waals surface area contributed by atoms with Gasteiger partial charge in [0.25, 0.3) is 5.91 Å². The highest BCUT2D eigenvalue weighted by Gasteiger charge is 2.12. The average Bonchev–Trinajstić information content (AvgIpc) is 1.87. The Morgan fingerprint density at radius 1 is 1.60 bits per heavy atom. The lowest BCUT2D eigenvalue weighted by Gasteiger charge is -2.03. The van der Waals surface area contributed by atoms with Gasteiger partial charge < -0.3 is 10.4 Å². The van der Waals surface area contributed by atoms with E-state index in [0.29, 0.717) is 0 Å². The van der Waals surface area contributed by atoms with E-state index in [2.05, 4.69) is 0 Å². The molecule has 5 nitrogen and oxygen atoms in total. The van der Waals surface area contributed by atoms with E-state index in [0.717, 1.165) is 0 Å². The first-order chi connectivity index (χ1) is 4.57. The minimum absolute atomic E-state index is 0.0272. The van der Waals surface area contributed by atoms with Gasteiger partial charge in [0.2, 0.25) is 6.29 Å². The molecule has 0 bridgehead atoms. The second-order valence-electron chi connectivity index (χ2n) is 1.69. The average molecular weight is 145 g/mol. The van der Waals surface area contributed by atoms with Crippen LogP contribution in [0.1, 0.15) is 6.92 Å². The van der Waals surface area contributed by atoms with Crippen molar-refractivity contribution < 1.29 is 19.5 Å². The van der Waals surface area contributed by atoms with Crippen LogP contribution in [0, 0.1) is 0 Å². The van der Waals surface area contributed by atoms with Crippen molar-refractivity contribution in [2.24, 2.45) is 0 Å². The lowest BCUT2D eigenvalue weighted by molar-refractivity contribution is -0.141. The fourth-order valence-corrected chi connectivity index (χ4v) is 0.309. The Labute approximate surface area is 57.0 Å². The SMILES string of the molecule is CC(NC(=O)C=O)C(=O)O. The first kappa shape index (κ1) is 8.61. The molecule has 0 aromatic rings. The second kappa shape index (κ2) is 3.60. The Hall–Kier alpha value is -1.39. The zero-order chi connectivity index (χ0) is 8.15. The molecule has 0 radical (unpaired) electrons. The molecule has 0 spiro atoms.